The first-order valence-corrected chi connectivity index (χ1v) is 7.22. The molecule has 1 aliphatic heterocycles. The van der Waals surface area contributed by atoms with E-state index in [4.69, 9.17) is 4.74 Å². The minimum Gasteiger partial charge on any atom is -0.482 e. The number of fused-ring (bicyclic) bond motifs is 1. The van der Waals surface area contributed by atoms with Crippen molar-refractivity contribution >= 4 is 23.1 Å². The predicted octanol–water partition coefficient (Wildman–Crippen LogP) is 2.45. The highest BCUT2D eigenvalue weighted by atomic mass is 16.5. The Bertz CT molecular complexity index is 730. The van der Waals surface area contributed by atoms with Gasteiger partial charge in [0.15, 0.2) is 6.61 Å². The summed E-state index contributed by atoms with van der Waals surface area (Å²) in [6.45, 7) is 4.01. The van der Waals surface area contributed by atoms with Gasteiger partial charge in [-0.25, -0.2) is 9.97 Å². The first kappa shape index (κ1) is 14.3. The minimum atomic E-state index is -0.0594. The molecule has 0 spiro atoms. The molecule has 0 fully saturated rings. The average Bonchev–Trinajstić information content (AvgIpc) is 2.51. The molecule has 1 aromatic carbocycles. The van der Waals surface area contributed by atoms with Crippen LogP contribution < -0.4 is 15.0 Å². The van der Waals surface area contributed by atoms with Crippen molar-refractivity contribution in [1.29, 1.82) is 0 Å². The van der Waals surface area contributed by atoms with E-state index < -0.39 is 0 Å². The Balaban J connectivity index is 1.90. The second-order valence-electron chi connectivity index (χ2n) is 5.19. The van der Waals surface area contributed by atoms with Crippen molar-refractivity contribution in [3.63, 3.8) is 0 Å². The SMILES string of the molecule is CCc1cc(Nc2ccc3c(c2)N(C)C(=O)CO3)nc(C)n1. The number of aromatic nitrogens is 2. The largest absolute Gasteiger partial charge is 0.482 e. The van der Waals surface area contributed by atoms with E-state index in [0.717, 1.165) is 35.1 Å². The number of hydrogen-bond donors (Lipinski definition) is 1. The number of nitrogens with one attached hydrogen (secondary N) is 1. The van der Waals surface area contributed by atoms with E-state index in [0.29, 0.717) is 5.75 Å². The van der Waals surface area contributed by atoms with Crippen LogP contribution in [0.4, 0.5) is 17.2 Å². The van der Waals surface area contributed by atoms with Crippen LogP contribution in [0.3, 0.4) is 0 Å². The van der Waals surface area contributed by atoms with Gasteiger partial charge in [-0.3, -0.25) is 4.79 Å². The maximum atomic E-state index is 11.7. The predicted molar refractivity (Wildman–Crippen MR) is 84.8 cm³/mol. The van der Waals surface area contributed by atoms with Gasteiger partial charge >= 0.3 is 0 Å². The maximum Gasteiger partial charge on any atom is 0.264 e. The Labute approximate surface area is 129 Å². The molecule has 0 bridgehead atoms. The number of ether oxygens (including phenoxy) is 1. The fourth-order valence-corrected chi connectivity index (χ4v) is 2.37. The Morgan fingerprint density at radius 1 is 1.32 bits per heavy atom. The third kappa shape index (κ3) is 2.72. The van der Waals surface area contributed by atoms with Crippen molar-refractivity contribution in [1.82, 2.24) is 9.97 Å². The van der Waals surface area contributed by atoms with Gasteiger partial charge in [-0.05, 0) is 31.5 Å². The smallest absolute Gasteiger partial charge is 0.264 e. The molecular weight excluding hydrogens is 280 g/mol. The summed E-state index contributed by atoms with van der Waals surface area (Å²) < 4.78 is 5.42. The zero-order valence-corrected chi connectivity index (χ0v) is 12.9. The van der Waals surface area contributed by atoms with Crippen molar-refractivity contribution < 1.29 is 9.53 Å². The highest BCUT2D eigenvalue weighted by Crippen LogP contribution is 2.34. The lowest BCUT2D eigenvalue weighted by atomic mass is 10.2. The molecule has 6 nitrogen and oxygen atoms in total. The fraction of sp³-hybridized carbons (Fsp3) is 0.312. The van der Waals surface area contributed by atoms with Gasteiger partial charge in [0.2, 0.25) is 0 Å². The van der Waals surface area contributed by atoms with E-state index in [9.17, 15) is 4.79 Å². The third-order valence-corrected chi connectivity index (χ3v) is 3.57. The van der Waals surface area contributed by atoms with Gasteiger partial charge in [0.05, 0.1) is 5.69 Å². The van der Waals surface area contributed by atoms with Crippen LogP contribution >= 0.6 is 0 Å². The third-order valence-electron chi connectivity index (χ3n) is 3.57. The topological polar surface area (TPSA) is 67.4 Å². The van der Waals surface area contributed by atoms with Gasteiger partial charge in [-0.15, -0.1) is 0 Å². The average molecular weight is 298 g/mol. The second-order valence-corrected chi connectivity index (χ2v) is 5.19. The Morgan fingerprint density at radius 2 is 2.14 bits per heavy atom. The molecule has 0 radical (unpaired) electrons. The summed E-state index contributed by atoms with van der Waals surface area (Å²) in [5.74, 6) is 2.13. The number of amides is 1. The molecule has 0 unspecified atom stereocenters. The number of carbonyl (C=O) groups excluding carboxylic acids is 1. The van der Waals surface area contributed by atoms with Gasteiger partial charge < -0.3 is 15.0 Å². The van der Waals surface area contributed by atoms with Crippen molar-refractivity contribution in [2.45, 2.75) is 20.3 Å². The van der Waals surface area contributed by atoms with Crippen LogP contribution in [0.25, 0.3) is 0 Å². The van der Waals surface area contributed by atoms with Crippen LogP contribution in [-0.4, -0.2) is 29.5 Å². The van der Waals surface area contributed by atoms with E-state index in [1.165, 1.54) is 0 Å². The monoisotopic (exact) mass is 298 g/mol. The summed E-state index contributed by atoms with van der Waals surface area (Å²) >= 11 is 0. The lowest BCUT2D eigenvalue weighted by Gasteiger charge is -2.26. The molecule has 2 aromatic rings. The molecule has 0 atom stereocenters. The Hall–Kier alpha value is -2.63. The van der Waals surface area contributed by atoms with Crippen molar-refractivity contribution in [3.8, 4) is 5.75 Å². The Morgan fingerprint density at radius 3 is 2.91 bits per heavy atom. The number of rotatable bonds is 3. The lowest BCUT2D eigenvalue weighted by molar-refractivity contribution is -0.120. The van der Waals surface area contributed by atoms with Crippen molar-refractivity contribution in [2.24, 2.45) is 0 Å². The van der Waals surface area contributed by atoms with E-state index >= 15 is 0 Å². The molecule has 0 saturated heterocycles. The van der Waals surface area contributed by atoms with Gasteiger partial charge in [0, 0.05) is 24.5 Å². The first-order valence-electron chi connectivity index (χ1n) is 7.22. The van der Waals surface area contributed by atoms with Crippen molar-refractivity contribution in [2.75, 3.05) is 23.9 Å². The minimum absolute atomic E-state index is 0.0594. The van der Waals surface area contributed by atoms with E-state index in [1.54, 1.807) is 11.9 Å². The number of benzene rings is 1. The molecule has 6 heteroatoms. The molecule has 114 valence electrons. The quantitative estimate of drug-likeness (QED) is 0.942. The zero-order chi connectivity index (χ0) is 15.7. The fourth-order valence-electron chi connectivity index (χ4n) is 2.37. The summed E-state index contributed by atoms with van der Waals surface area (Å²) in [5, 5.41) is 3.26. The van der Waals surface area contributed by atoms with Crippen LogP contribution in [0, 0.1) is 6.92 Å². The maximum absolute atomic E-state index is 11.7. The van der Waals surface area contributed by atoms with Gasteiger partial charge in [0.25, 0.3) is 5.91 Å². The summed E-state index contributed by atoms with van der Waals surface area (Å²) in [7, 11) is 1.75. The summed E-state index contributed by atoms with van der Waals surface area (Å²) in [6.07, 6.45) is 0.854. The second kappa shape index (κ2) is 5.63. The first-order chi connectivity index (χ1) is 10.6. The highest BCUT2D eigenvalue weighted by Gasteiger charge is 2.22. The molecule has 3 rings (SSSR count). The summed E-state index contributed by atoms with van der Waals surface area (Å²) in [5.41, 5.74) is 2.59. The highest BCUT2D eigenvalue weighted by molar-refractivity contribution is 5.98. The van der Waals surface area contributed by atoms with Gasteiger partial charge in [0.1, 0.15) is 17.4 Å². The molecule has 22 heavy (non-hydrogen) atoms. The summed E-state index contributed by atoms with van der Waals surface area (Å²) in [6, 6.07) is 7.58. The molecule has 0 saturated carbocycles. The molecule has 1 amide bonds. The van der Waals surface area contributed by atoms with Crippen LogP contribution in [0.15, 0.2) is 24.3 Å². The van der Waals surface area contributed by atoms with Gasteiger partial charge in [-0.1, -0.05) is 6.92 Å². The zero-order valence-electron chi connectivity index (χ0n) is 12.9. The number of hydrogen-bond acceptors (Lipinski definition) is 5. The van der Waals surface area contributed by atoms with Crippen molar-refractivity contribution in [3.05, 3.63) is 35.8 Å². The summed E-state index contributed by atoms with van der Waals surface area (Å²) in [4.78, 5) is 22.1. The Kier molecular flexibility index (Phi) is 3.66. The lowest BCUT2D eigenvalue weighted by Crippen LogP contribution is -2.35. The molecule has 1 aliphatic rings. The van der Waals surface area contributed by atoms with E-state index in [-0.39, 0.29) is 12.5 Å². The van der Waals surface area contributed by atoms with Crippen LogP contribution in [0.5, 0.6) is 5.75 Å². The normalized spacial score (nSPS) is 13.6. The van der Waals surface area contributed by atoms with Gasteiger partial charge in [-0.2, -0.15) is 0 Å². The van der Waals surface area contributed by atoms with Crippen LogP contribution in [0.2, 0.25) is 0 Å². The number of likely N-dealkylation sites (N-methyl/N-ethyl adjacent to an activating group) is 1. The number of nitrogens with zero attached hydrogens (tertiary/aromatic N) is 3. The number of carbonyl (C=O) groups is 1. The van der Waals surface area contributed by atoms with Crippen LogP contribution in [0.1, 0.15) is 18.4 Å². The molecule has 0 aliphatic carbocycles. The van der Waals surface area contributed by atoms with E-state index in [2.05, 4.69) is 22.2 Å². The standard InChI is InChI=1S/C16H18N4O2/c1-4-11-8-15(18-10(2)17-11)19-12-5-6-14-13(7-12)20(3)16(21)9-22-14/h5-8H,4,9H2,1-3H3,(H,17,18,19). The molecule has 2 heterocycles. The number of anilines is 3. The molecule has 1 aromatic heterocycles. The molecular formula is C16H18N4O2. The number of aryl methyl sites for hydroxylation is 2. The van der Waals surface area contributed by atoms with Crippen LogP contribution in [-0.2, 0) is 11.2 Å². The van der Waals surface area contributed by atoms with E-state index in [1.807, 2.05) is 31.2 Å². The molecule has 1 N–H and O–H groups in total.